The number of hydrogen-bond acceptors (Lipinski definition) is 2. The zero-order valence-corrected chi connectivity index (χ0v) is 13.4. The van der Waals surface area contributed by atoms with Crippen molar-refractivity contribution < 1.29 is 4.53 Å². The maximum Gasteiger partial charge on any atom is 0.237 e. The third kappa shape index (κ3) is 3.13. The molecule has 1 aliphatic rings. The van der Waals surface area contributed by atoms with Gasteiger partial charge in [0.15, 0.2) is 0 Å². The molecule has 3 heteroatoms. The fourth-order valence-corrected chi connectivity index (χ4v) is 8.42. The van der Waals surface area contributed by atoms with Crippen LogP contribution in [0.5, 0.6) is 0 Å². The number of nitrogens with zero attached hydrogens (tertiary/aromatic N) is 1. The Morgan fingerprint density at radius 3 is 1.88 bits per heavy atom. The zero-order valence-electron chi connectivity index (χ0n) is 12.4. The van der Waals surface area contributed by atoms with E-state index in [2.05, 4.69) is 58.9 Å². The van der Waals surface area contributed by atoms with Crippen molar-refractivity contribution in [2.75, 3.05) is 6.54 Å². The van der Waals surface area contributed by atoms with Gasteiger partial charge < -0.3 is 4.53 Å². The quantitative estimate of drug-likeness (QED) is 0.660. The second-order valence-corrected chi connectivity index (χ2v) is 11.4. The highest BCUT2D eigenvalue weighted by Crippen LogP contribution is 2.43. The largest absolute Gasteiger partial charge is 0.319 e. The van der Waals surface area contributed by atoms with E-state index >= 15 is 0 Å². The standard InChI is InChI=1S/C14H29NOSi/c1-12(2)17(13(3)4,14(5)6)16-15-10-8-7-9-11-15/h8,10,12-14H,7,9,11H2,1-6H3. The number of hydrogen-bond donors (Lipinski definition) is 0. The zero-order chi connectivity index (χ0) is 13.1. The van der Waals surface area contributed by atoms with Gasteiger partial charge in [0.05, 0.1) is 0 Å². The first-order valence-electron chi connectivity index (χ1n) is 7.03. The molecule has 0 aromatic rings. The van der Waals surface area contributed by atoms with Crippen molar-refractivity contribution in [3.05, 3.63) is 12.3 Å². The van der Waals surface area contributed by atoms with E-state index in [0.29, 0.717) is 16.6 Å². The highest BCUT2D eigenvalue weighted by atomic mass is 28.4. The molecule has 0 radical (unpaired) electrons. The van der Waals surface area contributed by atoms with E-state index in [4.69, 9.17) is 4.53 Å². The van der Waals surface area contributed by atoms with E-state index in [1.807, 2.05) is 0 Å². The fourth-order valence-electron chi connectivity index (χ4n) is 3.23. The lowest BCUT2D eigenvalue weighted by Crippen LogP contribution is -2.51. The van der Waals surface area contributed by atoms with Crippen molar-refractivity contribution in [3.8, 4) is 0 Å². The summed E-state index contributed by atoms with van der Waals surface area (Å²) in [6.07, 6.45) is 6.77. The SMILES string of the molecule is CC(C)[Si](ON1C=CCCC1)(C(C)C)C(C)C. The molecule has 0 aliphatic carbocycles. The van der Waals surface area contributed by atoms with E-state index in [9.17, 15) is 0 Å². The Labute approximate surface area is 108 Å². The van der Waals surface area contributed by atoms with Crippen LogP contribution in [0.15, 0.2) is 12.3 Å². The van der Waals surface area contributed by atoms with Gasteiger partial charge in [-0.25, -0.2) is 0 Å². The third-order valence-corrected chi connectivity index (χ3v) is 9.97. The molecule has 0 fully saturated rings. The van der Waals surface area contributed by atoms with Gasteiger partial charge in [0.2, 0.25) is 8.32 Å². The topological polar surface area (TPSA) is 12.5 Å². The van der Waals surface area contributed by atoms with Crippen molar-refractivity contribution in [2.45, 2.75) is 71.0 Å². The summed E-state index contributed by atoms with van der Waals surface area (Å²) in [6.45, 7) is 15.1. The molecule has 0 bridgehead atoms. The molecule has 1 heterocycles. The predicted molar refractivity (Wildman–Crippen MR) is 77.2 cm³/mol. The van der Waals surface area contributed by atoms with Gasteiger partial charge in [0.1, 0.15) is 0 Å². The molecule has 1 rings (SSSR count). The van der Waals surface area contributed by atoms with Crippen LogP contribution in [0, 0.1) is 0 Å². The van der Waals surface area contributed by atoms with Crippen LogP contribution in [-0.2, 0) is 4.53 Å². The lowest BCUT2D eigenvalue weighted by Gasteiger charge is -2.44. The molecule has 0 spiro atoms. The molecule has 17 heavy (non-hydrogen) atoms. The lowest BCUT2D eigenvalue weighted by molar-refractivity contribution is -0.0327. The van der Waals surface area contributed by atoms with Gasteiger partial charge in [-0.15, -0.1) is 0 Å². The van der Waals surface area contributed by atoms with E-state index in [-0.39, 0.29) is 0 Å². The minimum atomic E-state index is -1.74. The number of hydroxylamine groups is 2. The number of allylic oxidation sites excluding steroid dienone is 1. The van der Waals surface area contributed by atoms with Gasteiger partial charge in [0, 0.05) is 12.7 Å². The molecule has 0 saturated carbocycles. The summed E-state index contributed by atoms with van der Waals surface area (Å²) in [7, 11) is -1.74. The monoisotopic (exact) mass is 255 g/mol. The summed E-state index contributed by atoms with van der Waals surface area (Å²) in [5.41, 5.74) is 1.95. The second-order valence-electron chi connectivity index (χ2n) is 6.08. The number of rotatable bonds is 5. The summed E-state index contributed by atoms with van der Waals surface area (Å²) in [4.78, 5) is 0. The van der Waals surface area contributed by atoms with Crippen molar-refractivity contribution in [3.63, 3.8) is 0 Å². The lowest BCUT2D eigenvalue weighted by atomic mass is 10.2. The average Bonchev–Trinajstić information content (AvgIpc) is 2.25. The first kappa shape index (κ1) is 14.8. The maximum atomic E-state index is 6.55. The van der Waals surface area contributed by atoms with Gasteiger partial charge in [0.25, 0.3) is 0 Å². The molecule has 0 aromatic heterocycles. The van der Waals surface area contributed by atoms with Crippen LogP contribution in [0.1, 0.15) is 54.4 Å². The minimum Gasteiger partial charge on any atom is -0.319 e. The van der Waals surface area contributed by atoms with Crippen molar-refractivity contribution >= 4 is 8.32 Å². The van der Waals surface area contributed by atoms with Gasteiger partial charge in [-0.3, -0.25) is 5.06 Å². The van der Waals surface area contributed by atoms with Crippen molar-refractivity contribution in [1.82, 2.24) is 5.06 Å². The minimum absolute atomic E-state index is 0.651. The van der Waals surface area contributed by atoms with Crippen LogP contribution in [-0.4, -0.2) is 19.9 Å². The molecule has 1 aliphatic heterocycles. The first-order valence-corrected chi connectivity index (χ1v) is 9.17. The molecule has 0 saturated heterocycles. The van der Waals surface area contributed by atoms with Crippen LogP contribution in [0.4, 0.5) is 0 Å². The Kier molecular flexibility index (Phi) is 5.26. The van der Waals surface area contributed by atoms with Gasteiger partial charge >= 0.3 is 0 Å². The van der Waals surface area contributed by atoms with Crippen molar-refractivity contribution in [1.29, 1.82) is 0 Å². The third-order valence-electron chi connectivity index (χ3n) is 4.00. The first-order chi connectivity index (χ1) is 7.91. The second kappa shape index (κ2) is 6.05. The van der Waals surface area contributed by atoms with E-state index in [0.717, 1.165) is 6.54 Å². The molecule has 0 N–H and O–H groups in total. The van der Waals surface area contributed by atoms with E-state index in [1.54, 1.807) is 0 Å². The summed E-state index contributed by atoms with van der Waals surface area (Å²) < 4.78 is 6.55. The maximum absolute atomic E-state index is 6.55. The molecule has 0 aromatic carbocycles. The average molecular weight is 255 g/mol. The Morgan fingerprint density at radius 1 is 1.00 bits per heavy atom. The normalized spacial score (nSPS) is 17.6. The Balaban J connectivity index is 2.88. The Hall–Kier alpha value is -0.283. The van der Waals surface area contributed by atoms with Gasteiger partial charge in [-0.1, -0.05) is 47.6 Å². The molecule has 0 atom stereocenters. The summed E-state index contributed by atoms with van der Waals surface area (Å²) in [5.74, 6) is 0. The Bertz CT molecular complexity index is 239. The van der Waals surface area contributed by atoms with Crippen LogP contribution in [0.3, 0.4) is 0 Å². The Morgan fingerprint density at radius 2 is 1.53 bits per heavy atom. The highest BCUT2D eigenvalue weighted by molar-refractivity contribution is 6.77. The van der Waals surface area contributed by atoms with E-state index in [1.165, 1.54) is 12.8 Å². The summed E-state index contributed by atoms with van der Waals surface area (Å²) in [6, 6.07) is 0. The van der Waals surface area contributed by atoms with Crippen LogP contribution >= 0.6 is 0 Å². The molecular formula is C14H29NOSi. The van der Waals surface area contributed by atoms with Crippen LogP contribution < -0.4 is 0 Å². The summed E-state index contributed by atoms with van der Waals surface area (Å²) >= 11 is 0. The molecule has 0 unspecified atom stereocenters. The highest BCUT2D eigenvalue weighted by Gasteiger charge is 2.47. The molecule has 100 valence electrons. The van der Waals surface area contributed by atoms with Crippen LogP contribution in [0.2, 0.25) is 16.6 Å². The smallest absolute Gasteiger partial charge is 0.237 e. The predicted octanol–water partition coefficient (Wildman–Crippen LogP) is 4.70. The van der Waals surface area contributed by atoms with Gasteiger partial charge in [-0.05, 0) is 29.5 Å². The fraction of sp³-hybridized carbons (Fsp3) is 0.857. The van der Waals surface area contributed by atoms with E-state index < -0.39 is 8.32 Å². The van der Waals surface area contributed by atoms with Gasteiger partial charge in [-0.2, -0.15) is 0 Å². The van der Waals surface area contributed by atoms with Crippen molar-refractivity contribution in [2.24, 2.45) is 0 Å². The van der Waals surface area contributed by atoms with Crippen LogP contribution in [0.25, 0.3) is 0 Å². The molecule has 0 amide bonds. The molecule has 2 nitrogen and oxygen atoms in total. The summed E-state index contributed by atoms with van der Waals surface area (Å²) in [5, 5.41) is 2.11. The molecular weight excluding hydrogens is 226 g/mol.